The highest BCUT2D eigenvalue weighted by molar-refractivity contribution is 7.08. The summed E-state index contributed by atoms with van der Waals surface area (Å²) in [7, 11) is 0. The van der Waals surface area contributed by atoms with Crippen molar-refractivity contribution in [2.75, 3.05) is 0 Å². The smallest absolute Gasteiger partial charge is 0.142 e. The second-order valence-corrected chi connectivity index (χ2v) is 5.64. The highest BCUT2D eigenvalue weighted by atomic mass is 32.1. The molecule has 2 aromatic heterocycles. The van der Waals surface area contributed by atoms with E-state index in [0.717, 1.165) is 16.9 Å². The second kappa shape index (κ2) is 3.94. The number of rotatable bonds is 2. The van der Waals surface area contributed by atoms with E-state index < -0.39 is 0 Å². The van der Waals surface area contributed by atoms with Gasteiger partial charge in [-0.2, -0.15) is 16.6 Å². The van der Waals surface area contributed by atoms with Crippen molar-refractivity contribution in [3.05, 3.63) is 40.6 Å². The average molecular weight is 265 g/mol. The Hall–Kier alpha value is -2.12. The zero-order valence-corrected chi connectivity index (χ0v) is 11.0. The van der Waals surface area contributed by atoms with Crippen LogP contribution in [0.5, 0.6) is 0 Å². The highest BCUT2D eigenvalue weighted by Gasteiger charge is 2.28. The molecule has 19 heavy (non-hydrogen) atoms. The Labute approximate surface area is 114 Å². The van der Waals surface area contributed by atoms with E-state index in [-0.39, 0.29) is 0 Å². The maximum atomic E-state index is 9.00. The van der Waals surface area contributed by atoms with E-state index in [0.29, 0.717) is 11.6 Å². The minimum Gasteiger partial charge on any atom is -0.321 e. The first kappa shape index (κ1) is 10.8. The molecule has 0 unspecified atom stereocenters. The van der Waals surface area contributed by atoms with Gasteiger partial charge in [-0.1, -0.05) is 0 Å². The summed E-state index contributed by atoms with van der Waals surface area (Å²) in [5.74, 6) is 1.04. The molecule has 1 aromatic carbocycles. The van der Waals surface area contributed by atoms with Crippen LogP contribution in [0.1, 0.15) is 24.4 Å². The number of imidazole rings is 1. The summed E-state index contributed by atoms with van der Waals surface area (Å²) in [5, 5.41) is 13.2. The maximum absolute atomic E-state index is 9.00. The maximum Gasteiger partial charge on any atom is 0.142 e. The molecule has 0 saturated heterocycles. The van der Waals surface area contributed by atoms with Crippen LogP contribution in [0.15, 0.2) is 35.0 Å². The van der Waals surface area contributed by atoms with Gasteiger partial charge in [0.15, 0.2) is 0 Å². The van der Waals surface area contributed by atoms with Crippen molar-refractivity contribution in [1.82, 2.24) is 9.55 Å². The largest absolute Gasteiger partial charge is 0.321 e. The number of thiophene rings is 1. The fraction of sp³-hybridized carbons (Fsp3) is 0.200. The molecule has 1 aliphatic rings. The van der Waals surface area contributed by atoms with Gasteiger partial charge in [-0.3, -0.25) is 0 Å². The van der Waals surface area contributed by atoms with Crippen molar-refractivity contribution in [3.63, 3.8) is 0 Å². The molecule has 0 radical (unpaired) electrons. The number of benzene rings is 1. The van der Waals surface area contributed by atoms with Crippen LogP contribution in [0.2, 0.25) is 0 Å². The molecule has 0 N–H and O–H groups in total. The van der Waals surface area contributed by atoms with Gasteiger partial charge in [0.25, 0.3) is 0 Å². The van der Waals surface area contributed by atoms with Crippen LogP contribution in [0, 0.1) is 11.3 Å². The first-order chi connectivity index (χ1) is 9.36. The highest BCUT2D eigenvalue weighted by Crippen LogP contribution is 2.41. The summed E-state index contributed by atoms with van der Waals surface area (Å²) in [6, 6.07) is 10.6. The van der Waals surface area contributed by atoms with Crippen molar-refractivity contribution in [1.29, 1.82) is 5.26 Å². The van der Waals surface area contributed by atoms with Gasteiger partial charge < -0.3 is 4.57 Å². The van der Waals surface area contributed by atoms with E-state index in [1.807, 2.05) is 18.2 Å². The fourth-order valence-electron chi connectivity index (χ4n) is 2.47. The van der Waals surface area contributed by atoms with Gasteiger partial charge in [0.1, 0.15) is 5.82 Å². The number of hydrogen-bond donors (Lipinski definition) is 0. The lowest BCUT2D eigenvalue weighted by Crippen LogP contribution is -1.96. The molecule has 3 aromatic rings. The molecule has 0 atom stereocenters. The van der Waals surface area contributed by atoms with Crippen molar-refractivity contribution >= 4 is 22.4 Å². The number of nitriles is 1. The van der Waals surface area contributed by atoms with Crippen LogP contribution in [0.25, 0.3) is 22.4 Å². The van der Waals surface area contributed by atoms with Crippen molar-refractivity contribution in [2.45, 2.75) is 18.9 Å². The Morgan fingerprint density at radius 1 is 1.32 bits per heavy atom. The average Bonchev–Trinajstić information content (AvgIpc) is 3.01. The van der Waals surface area contributed by atoms with Crippen LogP contribution < -0.4 is 0 Å². The predicted molar refractivity (Wildman–Crippen MR) is 76.0 cm³/mol. The van der Waals surface area contributed by atoms with Gasteiger partial charge >= 0.3 is 0 Å². The van der Waals surface area contributed by atoms with E-state index in [4.69, 9.17) is 10.2 Å². The van der Waals surface area contributed by atoms with E-state index in [1.54, 1.807) is 11.3 Å². The Morgan fingerprint density at radius 2 is 2.21 bits per heavy atom. The van der Waals surface area contributed by atoms with Crippen LogP contribution in [-0.2, 0) is 0 Å². The predicted octanol–water partition coefficient (Wildman–Crippen LogP) is 3.97. The van der Waals surface area contributed by atoms with Crippen molar-refractivity contribution < 1.29 is 0 Å². The van der Waals surface area contributed by atoms with Gasteiger partial charge in [0.05, 0.1) is 22.7 Å². The summed E-state index contributed by atoms with van der Waals surface area (Å²) in [6.45, 7) is 0. The van der Waals surface area contributed by atoms with Gasteiger partial charge in [0, 0.05) is 17.0 Å². The normalized spacial score (nSPS) is 14.7. The fourth-order valence-corrected chi connectivity index (χ4v) is 3.10. The third-order valence-corrected chi connectivity index (χ3v) is 4.19. The van der Waals surface area contributed by atoms with E-state index in [2.05, 4.69) is 27.5 Å². The SMILES string of the molecule is N#Cc1ccc2c(c1)nc(-c1ccsc1)n2C1CC1. The quantitative estimate of drug-likeness (QED) is 0.703. The van der Waals surface area contributed by atoms with Crippen LogP contribution in [0.3, 0.4) is 0 Å². The molecule has 4 rings (SSSR count). The summed E-state index contributed by atoms with van der Waals surface area (Å²) < 4.78 is 2.33. The molecule has 2 heterocycles. The molecule has 92 valence electrons. The standard InChI is InChI=1S/C15H11N3S/c16-8-10-1-4-14-13(7-10)17-15(11-5-6-19-9-11)18(14)12-2-3-12/h1,4-7,9,12H,2-3H2. The molecule has 0 aliphatic heterocycles. The first-order valence-electron chi connectivity index (χ1n) is 6.31. The summed E-state index contributed by atoms with van der Waals surface area (Å²) in [4.78, 5) is 4.74. The molecule has 3 nitrogen and oxygen atoms in total. The molecule has 4 heteroatoms. The summed E-state index contributed by atoms with van der Waals surface area (Å²) in [6.07, 6.45) is 2.45. The minimum atomic E-state index is 0.577. The zero-order valence-electron chi connectivity index (χ0n) is 10.2. The Morgan fingerprint density at radius 3 is 2.89 bits per heavy atom. The van der Waals surface area contributed by atoms with Gasteiger partial charge in [-0.25, -0.2) is 4.98 Å². The van der Waals surface area contributed by atoms with Gasteiger partial charge in [-0.15, -0.1) is 0 Å². The molecule has 1 saturated carbocycles. The molecular weight excluding hydrogens is 254 g/mol. The molecule has 1 aliphatic carbocycles. The van der Waals surface area contributed by atoms with Crippen LogP contribution in [-0.4, -0.2) is 9.55 Å². The first-order valence-corrected chi connectivity index (χ1v) is 7.26. The Kier molecular flexibility index (Phi) is 2.23. The van der Waals surface area contributed by atoms with Gasteiger partial charge in [-0.05, 0) is 42.5 Å². The molecule has 0 spiro atoms. The lowest BCUT2D eigenvalue weighted by molar-refractivity contribution is 0.775. The zero-order chi connectivity index (χ0) is 12.8. The number of fused-ring (bicyclic) bond motifs is 1. The third kappa shape index (κ3) is 1.66. The molecule has 1 fully saturated rings. The van der Waals surface area contributed by atoms with Crippen molar-refractivity contribution in [3.8, 4) is 17.5 Å². The monoisotopic (exact) mass is 265 g/mol. The lowest BCUT2D eigenvalue weighted by Gasteiger charge is -2.05. The minimum absolute atomic E-state index is 0.577. The van der Waals surface area contributed by atoms with Crippen LogP contribution >= 0.6 is 11.3 Å². The topological polar surface area (TPSA) is 41.6 Å². The Bertz CT molecular complexity index is 789. The van der Waals surface area contributed by atoms with E-state index in [1.165, 1.54) is 18.4 Å². The summed E-state index contributed by atoms with van der Waals surface area (Å²) >= 11 is 1.69. The number of nitrogens with zero attached hydrogens (tertiary/aromatic N) is 3. The lowest BCUT2D eigenvalue weighted by atomic mass is 10.2. The number of aromatic nitrogens is 2. The third-order valence-electron chi connectivity index (χ3n) is 3.51. The molecule has 0 bridgehead atoms. The Balaban J connectivity index is 2.02. The van der Waals surface area contributed by atoms with E-state index in [9.17, 15) is 0 Å². The van der Waals surface area contributed by atoms with Crippen molar-refractivity contribution in [2.24, 2.45) is 0 Å². The molecule has 0 amide bonds. The number of hydrogen-bond acceptors (Lipinski definition) is 3. The van der Waals surface area contributed by atoms with Gasteiger partial charge in [0.2, 0.25) is 0 Å². The van der Waals surface area contributed by atoms with E-state index >= 15 is 0 Å². The van der Waals surface area contributed by atoms with Crippen LogP contribution in [0.4, 0.5) is 0 Å². The second-order valence-electron chi connectivity index (χ2n) is 4.86. The summed E-state index contributed by atoms with van der Waals surface area (Å²) in [5.41, 5.74) is 3.91. The molecular formula is C15H11N3S.